The maximum absolute atomic E-state index is 11.9. The molecule has 134 valence electrons. The number of carbonyl (C=O) groups excluding carboxylic acids is 2. The van der Waals surface area contributed by atoms with Crippen LogP contribution in [0.2, 0.25) is 0 Å². The standard InChI is InChI=1S/C18H20N2O4.Ru/c1-3-9-23-17(21)13-5-7-19-15(11-13)16-12-14(6-8-20-16)18(22)24-10-4-2;/h5-8,11-12H,3-4,9-10H2,1-2H3;. The molecule has 25 heavy (non-hydrogen) atoms. The van der Waals surface area contributed by atoms with E-state index in [1.807, 2.05) is 13.8 Å². The number of pyridine rings is 2. The Kier molecular flexibility index (Phi) is 8.92. The van der Waals surface area contributed by atoms with Crippen molar-refractivity contribution in [1.29, 1.82) is 0 Å². The first-order valence-corrected chi connectivity index (χ1v) is 7.92. The van der Waals surface area contributed by atoms with E-state index in [9.17, 15) is 9.59 Å². The molecule has 6 nitrogen and oxygen atoms in total. The first-order valence-electron chi connectivity index (χ1n) is 7.92. The van der Waals surface area contributed by atoms with Gasteiger partial charge in [0.2, 0.25) is 0 Å². The van der Waals surface area contributed by atoms with E-state index in [-0.39, 0.29) is 19.5 Å². The van der Waals surface area contributed by atoms with Crippen molar-refractivity contribution in [3.05, 3.63) is 47.8 Å². The molecule has 2 rings (SSSR count). The number of hydrogen-bond donors (Lipinski definition) is 0. The Morgan fingerprint density at radius 1 is 0.840 bits per heavy atom. The van der Waals surface area contributed by atoms with Gasteiger partial charge >= 0.3 is 11.9 Å². The fraction of sp³-hybridized carbons (Fsp3) is 0.333. The first-order chi connectivity index (χ1) is 11.7. The van der Waals surface area contributed by atoms with Gasteiger partial charge < -0.3 is 9.47 Å². The predicted octanol–water partition coefficient (Wildman–Crippen LogP) is 3.27. The Morgan fingerprint density at radius 2 is 1.24 bits per heavy atom. The van der Waals surface area contributed by atoms with Crippen LogP contribution in [-0.2, 0) is 29.0 Å². The van der Waals surface area contributed by atoms with Gasteiger partial charge in [0, 0.05) is 31.9 Å². The maximum Gasteiger partial charge on any atom is 0.338 e. The molecular weight excluding hydrogens is 409 g/mol. The zero-order valence-corrected chi connectivity index (χ0v) is 15.9. The van der Waals surface area contributed by atoms with E-state index < -0.39 is 11.9 Å². The second kappa shape index (κ2) is 10.7. The van der Waals surface area contributed by atoms with E-state index in [1.54, 1.807) is 24.3 Å². The van der Waals surface area contributed by atoms with E-state index >= 15 is 0 Å². The topological polar surface area (TPSA) is 78.4 Å². The molecule has 0 aromatic carbocycles. The normalized spacial score (nSPS) is 9.84. The summed E-state index contributed by atoms with van der Waals surface area (Å²) in [7, 11) is 0. The summed E-state index contributed by atoms with van der Waals surface area (Å²) in [6.45, 7) is 4.59. The molecule has 2 aromatic heterocycles. The number of esters is 2. The van der Waals surface area contributed by atoms with E-state index in [0.29, 0.717) is 35.7 Å². The fourth-order valence-corrected chi connectivity index (χ4v) is 1.95. The third-order valence-electron chi connectivity index (χ3n) is 3.13. The van der Waals surface area contributed by atoms with Crippen LogP contribution in [0.25, 0.3) is 11.4 Å². The van der Waals surface area contributed by atoms with Crippen LogP contribution < -0.4 is 0 Å². The van der Waals surface area contributed by atoms with Gasteiger partial charge in [0.15, 0.2) is 0 Å². The number of carbonyl (C=O) groups is 2. The summed E-state index contributed by atoms with van der Waals surface area (Å²) in [5, 5.41) is 0. The summed E-state index contributed by atoms with van der Waals surface area (Å²) in [6.07, 6.45) is 4.55. The molecule has 0 spiro atoms. The molecule has 0 atom stereocenters. The van der Waals surface area contributed by atoms with Crippen LogP contribution in [0, 0.1) is 0 Å². The van der Waals surface area contributed by atoms with Crippen molar-refractivity contribution in [1.82, 2.24) is 9.97 Å². The molecule has 0 saturated carbocycles. The van der Waals surface area contributed by atoms with Gasteiger partial charge in [-0.3, -0.25) is 9.97 Å². The Bertz CT molecular complexity index is 660. The molecule has 0 saturated heterocycles. The second-order valence-corrected chi connectivity index (χ2v) is 5.13. The van der Waals surface area contributed by atoms with Crippen molar-refractivity contribution in [2.45, 2.75) is 26.7 Å². The molecule has 0 fully saturated rings. The molecule has 0 radical (unpaired) electrons. The molecule has 2 aromatic rings. The summed E-state index contributed by atoms with van der Waals surface area (Å²) in [4.78, 5) is 32.3. The van der Waals surface area contributed by atoms with Crippen LogP contribution in [0.1, 0.15) is 47.4 Å². The van der Waals surface area contributed by atoms with Crippen LogP contribution in [0.4, 0.5) is 0 Å². The molecule has 7 heteroatoms. The SMILES string of the molecule is CCCOC(=O)c1ccnc(-c2cc(C(=O)OCCC)ccn2)c1.[Ru]. The van der Waals surface area contributed by atoms with Gasteiger partial charge in [0.05, 0.1) is 35.7 Å². The Morgan fingerprint density at radius 3 is 1.60 bits per heavy atom. The van der Waals surface area contributed by atoms with Gasteiger partial charge in [-0.25, -0.2) is 9.59 Å². The Balaban J connectivity index is 0.00000312. The summed E-state index contributed by atoms with van der Waals surface area (Å²) in [5.74, 6) is -0.807. The monoisotopic (exact) mass is 430 g/mol. The van der Waals surface area contributed by atoms with E-state index in [1.165, 1.54) is 12.4 Å². The maximum atomic E-state index is 11.9. The van der Waals surface area contributed by atoms with Crippen molar-refractivity contribution < 1.29 is 38.5 Å². The predicted molar refractivity (Wildman–Crippen MR) is 88.6 cm³/mol. The molecule has 0 amide bonds. The van der Waals surface area contributed by atoms with Crippen molar-refractivity contribution in [2.24, 2.45) is 0 Å². The second-order valence-electron chi connectivity index (χ2n) is 5.13. The number of ether oxygens (including phenoxy) is 2. The number of rotatable bonds is 7. The number of nitrogens with zero attached hydrogens (tertiary/aromatic N) is 2. The van der Waals surface area contributed by atoms with Gasteiger partial charge in [0.25, 0.3) is 0 Å². The zero-order chi connectivity index (χ0) is 17.4. The molecule has 0 aliphatic heterocycles. The third-order valence-corrected chi connectivity index (χ3v) is 3.13. The average Bonchev–Trinajstić information content (AvgIpc) is 2.64. The zero-order valence-electron chi connectivity index (χ0n) is 14.2. The van der Waals surface area contributed by atoms with Crippen LogP contribution in [0.5, 0.6) is 0 Å². The Labute approximate surface area is 159 Å². The molecule has 0 aliphatic rings. The fourth-order valence-electron chi connectivity index (χ4n) is 1.95. The van der Waals surface area contributed by atoms with E-state index in [4.69, 9.17) is 9.47 Å². The number of hydrogen-bond acceptors (Lipinski definition) is 6. The van der Waals surface area contributed by atoms with Crippen molar-refractivity contribution in [2.75, 3.05) is 13.2 Å². The molecule has 0 unspecified atom stereocenters. The molecule has 2 heterocycles. The van der Waals surface area contributed by atoms with Gasteiger partial charge in [-0.1, -0.05) is 13.8 Å². The number of aromatic nitrogens is 2. The summed E-state index contributed by atoms with van der Waals surface area (Å²) >= 11 is 0. The third kappa shape index (κ3) is 6.02. The van der Waals surface area contributed by atoms with Gasteiger partial charge in [-0.15, -0.1) is 0 Å². The van der Waals surface area contributed by atoms with Gasteiger partial charge in [-0.05, 0) is 37.1 Å². The quantitative estimate of drug-likeness (QED) is 0.497. The minimum atomic E-state index is -0.404. The summed E-state index contributed by atoms with van der Waals surface area (Å²) in [5.41, 5.74) is 1.78. The van der Waals surface area contributed by atoms with Crippen LogP contribution in [0.3, 0.4) is 0 Å². The minimum absolute atomic E-state index is 0. The van der Waals surface area contributed by atoms with E-state index in [2.05, 4.69) is 9.97 Å². The van der Waals surface area contributed by atoms with Crippen LogP contribution in [0.15, 0.2) is 36.7 Å². The van der Waals surface area contributed by atoms with Crippen LogP contribution >= 0.6 is 0 Å². The molecular formula is C18H20N2O4Ru. The smallest absolute Gasteiger partial charge is 0.338 e. The Hall–Kier alpha value is -2.14. The summed E-state index contributed by atoms with van der Waals surface area (Å²) < 4.78 is 10.2. The molecule has 0 N–H and O–H groups in total. The van der Waals surface area contributed by atoms with Gasteiger partial charge in [-0.2, -0.15) is 0 Å². The van der Waals surface area contributed by atoms with Crippen LogP contribution in [-0.4, -0.2) is 35.1 Å². The average molecular weight is 429 g/mol. The molecule has 0 aliphatic carbocycles. The summed E-state index contributed by atoms with van der Waals surface area (Å²) in [6, 6.07) is 6.37. The van der Waals surface area contributed by atoms with Crippen molar-refractivity contribution >= 4 is 11.9 Å². The van der Waals surface area contributed by atoms with Gasteiger partial charge in [0.1, 0.15) is 0 Å². The van der Waals surface area contributed by atoms with Crippen molar-refractivity contribution in [3.8, 4) is 11.4 Å². The molecule has 0 bridgehead atoms. The largest absolute Gasteiger partial charge is 0.462 e. The van der Waals surface area contributed by atoms with Crippen molar-refractivity contribution in [3.63, 3.8) is 0 Å². The minimum Gasteiger partial charge on any atom is -0.462 e. The first kappa shape index (κ1) is 20.9. The van der Waals surface area contributed by atoms with E-state index in [0.717, 1.165) is 12.8 Å².